The van der Waals surface area contributed by atoms with Crippen LogP contribution in [0.5, 0.6) is 0 Å². The van der Waals surface area contributed by atoms with Crippen LogP contribution in [0.3, 0.4) is 0 Å². The molecule has 0 aliphatic rings. The molecule has 3 unspecified atom stereocenters. The predicted octanol–water partition coefficient (Wildman–Crippen LogP) is 13.9. The fourth-order valence-electron chi connectivity index (χ4n) is 7.34. The summed E-state index contributed by atoms with van der Waals surface area (Å²) in [5.41, 5.74) is 0. The normalized spacial score (nSPS) is 14.3. The molecule has 0 saturated carbocycles. The van der Waals surface area contributed by atoms with E-state index < -0.39 is 20.0 Å². The van der Waals surface area contributed by atoms with Crippen molar-refractivity contribution in [2.45, 2.75) is 251 Å². The van der Waals surface area contributed by atoms with Gasteiger partial charge in [0, 0.05) is 6.42 Å². The first-order valence-corrected chi connectivity index (χ1v) is 26.1. The second kappa shape index (κ2) is 40.6. The number of phosphoric acid groups is 1. The molecule has 57 heavy (non-hydrogen) atoms. The highest BCUT2D eigenvalue weighted by Gasteiger charge is 2.27. The molecule has 0 radical (unpaired) electrons. The topological polar surface area (TPSA) is 105 Å². The zero-order valence-electron chi connectivity index (χ0n) is 38.6. The van der Waals surface area contributed by atoms with Crippen molar-refractivity contribution in [1.82, 2.24) is 5.32 Å². The fourth-order valence-corrected chi connectivity index (χ4v) is 8.07. The number of aliphatic hydroxyl groups is 1. The van der Waals surface area contributed by atoms with Crippen molar-refractivity contribution in [2.24, 2.45) is 0 Å². The number of carbonyl (C=O) groups is 1. The molecule has 0 saturated heterocycles. The van der Waals surface area contributed by atoms with Crippen molar-refractivity contribution in [3.05, 3.63) is 12.2 Å². The van der Waals surface area contributed by atoms with E-state index in [2.05, 4.69) is 19.2 Å². The summed E-state index contributed by atoms with van der Waals surface area (Å²) in [7, 11) is 1.58. The third-order valence-electron chi connectivity index (χ3n) is 11.3. The Labute approximate surface area is 354 Å². The van der Waals surface area contributed by atoms with Crippen LogP contribution in [0.4, 0.5) is 0 Å². The lowest BCUT2D eigenvalue weighted by molar-refractivity contribution is -0.870. The Morgan fingerprint density at radius 1 is 0.579 bits per heavy atom. The molecule has 9 heteroatoms. The summed E-state index contributed by atoms with van der Waals surface area (Å²) in [6.07, 6.45) is 47.3. The van der Waals surface area contributed by atoms with E-state index in [0.717, 1.165) is 32.1 Å². The van der Waals surface area contributed by atoms with Gasteiger partial charge in [0.15, 0.2) is 0 Å². The van der Waals surface area contributed by atoms with Gasteiger partial charge in [0.1, 0.15) is 13.2 Å². The molecule has 0 aromatic rings. The molecule has 0 bridgehead atoms. The van der Waals surface area contributed by atoms with E-state index in [0.29, 0.717) is 17.4 Å². The van der Waals surface area contributed by atoms with Gasteiger partial charge in [-0.25, -0.2) is 4.57 Å². The van der Waals surface area contributed by atoms with E-state index in [-0.39, 0.29) is 19.1 Å². The minimum Gasteiger partial charge on any atom is -0.387 e. The monoisotopic (exact) mass is 830 g/mol. The molecule has 0 fully saturated rings. The summed E-state index contributed by atoms with van der Waals surface area (Å²) >= 11 is 0. The quantitative estimate of drug-likeness (QED) is 0.0244. The van der Waals surface area contributed by atoms with E-state index in [1.165, 1.54) is 186 Å². The fraction of sp³-hybridized carbons (Fsp3) is 0.938. The minimum atomic E-state index is -4.33. The number of rotatable bonds is 45. The van der Waals surface area contributed by atoms with E-state index in [4.69, 9.17) is 9.05 Å². The van der Waals surface area contributed by atoms with Crippen molar-refractivity contribution in [3.8, 4) is 0 Å². The third-order valence-corrected chi connectivity index (χ3v) is 12.2. The van der Waals surface area contributed by atoms with Gasteiger partial charge >= 0.3 is 7.82 Å². The highest BCUT2D eigenvalue weighted by atomic mass is 31.2. The maximum Gasteiger partial charge on any atom is 0.472 e. The van der Waals surface area contributed by atoms with E-state index in [1.54, 1.807) is 6.08 Å². The van der Waals surface area contributed by atoms with Gasteiger partial charge in [-0.1, -0.05) is 225 Å². The van der Waals surface area contributed by atoms with Crippen LogP contribution >= 0.6 is 7.82 Å². The average molecular weight is 830 g/mol. The van der Waals surface area contributed by atoms with Gasteiger partial charge in [-0.3, -0.25) is 13.8 Å². The van der Waals surface area contributed by atoms with Crippen LogP contribution in [0.15, 0.2) is 12.2 Å². The lowest BCUT2D eigenvalue weighted by atomic mass is 10.0. The first-order valence-electron chi connectivity index (χ1n) is 24.6. The van der Waals surface area contributed by atoms with Crippen molar-refractivity contribution < 1.29 is 32.9 Å². The Morgan fingerprint density at radius 2 is 0.930 bits per heavy atom. The van der Waals surface area contributed by atoms with Crippen LogP contribution in [0.25, 0.3) is 0 Å². The summed E-state index contributed by atoms with van der Waals surface area (Å²) < 4.78 is 23.6. The lowest BCUT2D eigenvalue weighted by Gasteiger charge is -2.25. The number of allylic oxidation sites excluding steroid dienone is 1. The number of unbranched alkanes of at least 4 members (excludes halogenated alkanes) is 32. The number of hydrogen-bond acceptors (Lipinski definition) is 5. The number of carbonyl (C=O) groups excluding carboxylic acids is 1. The number of aliphatic hydroxyl groups excluding tert-OH is 1. The first kappa shape index (κ1) is 56.2. The third kappa shape index (κ3) is 43.1. The highest BCUT2D eigenvalue weighted by Crippen LogP contribution is 2.43. The van der Waals surface area contributed by atoms with Crippen LogP contribution in [-0.4, -0.2) is 73.4 Å². The summed E-state index contributed by atoms with van der Waals surface area (Å²) in [6.45, 7) is 4.82. The minimum absolute atomic E-state index is 0.0645. The number of phosphoric ester groups is 1. The lowest BCUT2D eigenvalue weighted by Crippen LogP contribution is -2.45. The zero-order chi connectivity index (χ0) is 42.1. The second-order valence-corrected chi connectivity index (χ2v) is 19.7. The molecule has 340 valence electrons. The van der Waals surface area contributed by atoms with Gasteiger partial charge in [-0.15, -0.1) is 0 Å². The summed E-state index contributed by atoms with van der Waals surface area (Å²) in [5.74, 6) is -0.177. The van der Waals surface area contributed by atoms with Crippen LogP contribution in [-0.2, 0) is 18.4 Å². The molecule has 3 N–H and O–H groups in total. The molecule has 0 aromatic heterocycles. The Hall–Kier alpha value is -0.760. The highest BCUT2D eigenvalue weighted by molar-refractivity contribution is 7.47. The van der Waals surface area contributed by atoms with Crippen molar-refractivity contribution >= 4 is 13.7 Å². The second-order valence-electron chi connectivity index (χ2n) is 18.2. The van der Waals surface area contributed by atoms with Gasteiger partial charge in [0.2, 0.25) is 5.91 Å². The Bertz CT molecular complexity index is 942. The Balaban J connectivity index is 4.17. The SMILES string of the molecule is CCCCCCCCCCCCCCCCCCCCCCCCC/C=C/C(O)C(COP(=O)(O)OCC[N+](C)(C)C)NC(=O)CCCCCCCCCCCC. The molecule has 0 rings (SSSR count). The predicted molar refractivity (Wildman–Crippen MR) is 245 cm³/mol. The van der Waals surface area contributed by atoms with Crippen molar-refractivity contribution in [2.75, 3.05) is 40.9 Å². The summed E-state index contributed by atoms with van der Waals surface area (Å²) in [6, 6.07) is -0.839. The number of likely N-dealkylation sites (N-methyl/N-ethyl adjacent to an activating group) is 1. The zero-order valence-corrected chi connectivity index (χ0v) is 39.5. The number of amides is 1. The molecule has 1 amide bonds. The van der Waals surface area contributed by atoms with Crippen LogP contribution < -0.4 is 5.32 Å². The van der Waals surface area contributed by atoms with E-state index >= 15 is 0 Å². The van der Waals surface area contributed by atoms with Crippen LogP contribution in [0.2, 0.25) is 0 Å². The van der Waals surface area contributed by atoms with Gasteiger partial charge in [-0.2, -0.15) is 0 Å². The summed E-state index contributed by atoms with van der Waals surface area (Å²) in [5, 5.41) is 13.8. The molecule has 0 aromatic carbocycles. The molecule has 0 heterocycles. The average Bonchev–Trinajstić information content (AvgIpc) is 3.16. The molecule has 3 atom stereocenters. The molecular formula is C48H98N2O6P+. The van der Waals surface area contributed by atoms with E-state index in [1.807, 2.05) is 27.2 Å². The number of hydrogen-bond donors (Lipinski definition) is 3. The maximum absolute atomic E-state index is 12.8. The number of quaternary nitrogens is 1. The van der Waals surface area contributed by atoms with Gasteiger partial charge in [0.25, 0.3) is 0 Å². The standard InChI is InChI=1S/C48H97N2O6P/c1-6-8-10-12-14-16-18-19-20-21-22-23-24-25-26-27-28-29-30-31-32-33-35-37-39-41-47(51)46(45-56-57(53,54)55-44-43-50(3,4)5)49-48(52)42-40-38-36-34-17-15-13-11-9-7-2/h39,41,46-47,51H,6-38,40,42-45H2,1-5H3,(H-,49,52,53,54)/p+1/b41-39+. The molecule has 0 spiro atoms. The smallest absolute Gasteiger partial charge is 0.387 e. The summed E-state index contributed by atoms with van der Waals surface area (Å²) in [4.78, 5) is 23.1. The number of nitrogens with zero attached hydrogens (tertiary/aromatic N) is 1. The van der Waals surface area contributed by atoms with Gasteiger partial charge in [-0.05, 0) is 19.3 Å². The Kier molecular flexibility index (Phi) is 40.1. The van der Waals surface area contributed by atoms with E-state index in [9.17, 15) is 19.4 Å². The van der Waals surface area contributed by atoms with Gasteiger partial charge < -0.3 is 19.8 Å². The first-order chi connectivity index (χ1) is 27.5. The maximum atomic E-state index is 12.8. The molecular weight excluding hydrogens is 732 g/mol. The largest absolute Gasteiger partial charge is 0.472 e. The Morgan fingerprint density at radius 3 is 1.30 bits per heavy atom. The molecule has 8 nitrogen and oxygen atoms in total. The van der Waals surface area contributed by atoms with Crippen LogP contribution in [0.1, 0.15) is 239 Å². The van der Waals surface area contributed by atoms with Gasteiger partial charge in [0.05, 0.1) is 39.9 Å². The number of nitrogens with one attached hydrogen (secondary N) is 1. The van der Waals surface area contributed by atoms with Crippen molar-refractivity contribution in [3.63, 3.8) is 0 Å². The molecule has 0 aliphatic carbocycles. The van der Waals surface area contributed by atoms with Crippen LogP contribution in [0, 0.1) is 0 Å². The van der Waals surface area contributed by atoms with Crippen molar-refractivity contribution in [1.29, 1.82) is 0 Å². The molecule has 0 aliphatic heterocycles.